The minimum absolute atomic E-state index is 0.206. The minimum atomic E-state index is 0.206. The average molecular weight is 332 g/mol. The van der Waals surface area contributed by atoms with Gasteiger partial charge in [-0.1, -0.05) is 13.8 Å². The second kappa shape index (κ2) is 7.41. The van der Waals surface area contributed by atoms with Crippen LogP contribution in [0.15, 0.2) is 4.47 Å². The van der Waals surface area contributed by atoms with E-state index in [2.05, 4.69) is 40.2 Å². The largest absolute Gasteiger partial charge is 0.377 e. The molecule has 2 unspecified atom stereocenters. The molecular formula is C14H26BrN3O. The van der Waals surface area contributed by atoms with Gasteiger partial charge in [-0.3, -0.25) is 4.68 Å². The van der Waals surface area contributed by atoms with E-state index in [1.807, 2.05) is 32.6 Å². The quantitative estimate of drug-likeness (QED) is 0.834. The third kappa shape index (κ3) is 4.04. The van der Waals surface area contributed by atoms with E-state index >= 15 is 0 Å². The zero-order valence-electron chi connectivity index (χ0n) is 12.8. The van der Waals surface area contributed by atoms with Crippen molar-refractivity contribution >= 4 is 15.9 Å². The lowest BCUT2D eigenvalue weighted by atomic mass is 9.95. The maximum Gasteiger partial charge on any atom is 0.0754 e. The Bertz CT molecular complexity index is 404. The van der Waals surface area contributed by atoms with E-state index in [0.717, 1.165) is 23.2 Å². The van der Waals surface area contributed by atoms with Gasteiger partial charge in [-0.2, -0.15) is 5.10 Å². The molecule has 0 spiro atoms. The zero-order valence-corrected chi connectivity index (χ0v) is 14.4. The Kier molecular flexibility index (Phi) is 6.50. The van der Waals surface area contributed by atoms with Crippen molar-refractivity contribution in [1.29, 1.82) is 0 Å². The van der Waals surface area contributed by atoms with Gasteiger partial charge in [-0.05, 0) is 42.7 Å². The first-order valence-electron chi connectivity index (χ1n) is 6.89. The van der Waals surface area contributed by atoms with E-state index < -0.39 is 0 Å². The molecule has 19 heavy (non-hydrogen) atoms. The number of likely N-dealkylation sites (N-methyl/N-ethyl adjacent to an activating group) is 1. The van der Waals surface area contributed by atoms with Crippen molar-refractivity contribution in [2.24, 2.45) is 13.0 Å². The van der Waals surface area contributed by atoms with Crippen LogP contribution in [-0.2, 0) is 18.2 Å². The molecule has 0 amide bonds. The fraction of sp³-hybridized carbons (Fsp3) is 0.786. The average Bonchev–Trinajstić information content (AvgIpc) is 2.59. The molecule has 0 fully saturated rings. The predicted octanol–water partition coefficient (Wildman–Crippen LogP) is 2.68. The van der Waals surface area contributed by atoms with E-state index in [4.69, 9.17) is 4.74 Å². The van der Waals surface area contributed by atoms with Crippen molar-refractivity contribution in [3.05, 3.63) is 15.9 Å². The molecule has 1 N–H and O–H groups in total. The van der Waals surface area contributed by atoms with Gasteiger partial charge in [0, 0.05) is 26.1 Å². The summed E-state index contributed by atoms with van der Waals surface area (Å²) in [5.74, 6) is 0.477. The Hall–Kier alpha value is -0.390. The van der Waals surface area contributed by atoms with Crippen molar-refractivity contribution in [3.8, 4) is 0 Å². The van der Waals surface area contributed by atoms with Gasteiger partial charge in [-0.15, -0.1) is 0 Å². The van der Waals surface area contributed by atoms with Gasteiger partial charge in [-0.25, -0.2) is 0 Å². The summed E-state index contributed by atoms with van der Waals surface area (Å²) in [6, 6.07) is 0.283. The van der Waals surface area contributed by atoms with E-state index in [9.17, 15) is 0 Å². The van der Waals surface area contributed by atoms with Gasteiger partial charge in [0.05, 0.1) is 22.0 Å². The highest BCUT2D eigenvalue weighted by molar-refractivity contribution is 9.10. The van der Waals surface area contributed by atoms with Crippen LogP contribution in [0.3, 0.4) is 0 Å². The molecule has 0 radical (unpaired) electrons. The Balaban J connectivity index is 2.91. The fourth-order valence-corrected chi connectivity index (χ4v) is 2.96. The second-order valence-electron chi connectivity index (χ2n) is 5.23. The summed E-state index contributed by atoms with van der Waals surface area (Å²) >= 11 is 3.63. The molecule has 2 atom stereocenters. The smallest absolute Gasteiger partial charge is 0.0754 e. The number of halogens is 1. The van der Waals surface area contributed by atoms with Crippen LogP contribution < -0.4 is 5.32 Å². The van der Waals surface area contributed by atoms with E-state index in [1.54, 1.807) is 0 Å². The molecule has 110 valence electrons. The summed E-state index contributed by atoms with van der Waals surface area (Å²) in [5.41, 5.74) is 2.24. The molecule has 0 saturated heterocycles. The second-order valence-corrected chi connectivity index (χ2v) is 6.03. The highest BCUT2D eigenvalue weighted by Gasteiger charge is 2.26. The number of nitrogens with zero attached hydrogens (tertiary/aromatic N) is 2. The monoisotopic (exact) mass is 331 g/mol. The van der Waals surface area contributed by atoms with E-state index in [1.165, 1.54) is 5.69 Å². The van der Waals surface area contributed by atoms with Gasteiger partial charge in [0.2, 0.25) is 0 Å². The first kappa shape index (κ1) is 16.7. The van der Waals surface area contributed by atoms with E-state index in [-0.39, 0.29) is 12.1 Å². The maximum absolute atomic E-state index is 5.91. The van der Waals surface area contributed by atoms with Gasteiger partial charge in [0.15, 0.2) is 0 Å². The van der Waals surface area contributed by atoms with Crippen LogP contribution in [0.4, 0.5) is 0 Å². The Morgan fingerprint density at radius 3 is 2.42 bits per heavy atom. The first-order chi connectivity index (χ1) is 8.92. The number of aromatic nitrogens is 2. The summed E-state index contributed by atoms with van der Waals surface area (Å²) in [6.45, 7) is 9.21. The molecule has 1 aromatic rings. The van der Waals surface area contributed by atoms with Crippen molar-refractivity contribution in [3.63, 3.8) is 0 Å². The normalized spacial score (nSPS) is 14.9. The number of aryl methyl sites for hydroxylation is 2. The molecule has 5 heteroatoms. The third-order valence-corrected chi connectivity index (χ3v) is 4.49. The highest BCUT2D eigenvalue weighted by atomic mass is 79.9. The molecule has 0 aromatic carbocycles. The van der Waals surface area contributed by atoms with Gasteiger partial charge in [0.25, 0.3) is 0 Å². The molecular weight excluding hydrogens is 306 g/mol. The zero-order chi connectivity index (χ0) is 14.6. The summed E-state index contributed by atoms with van der Waals surface area (Å²) < 4.78 is 8.96. The molecule has 1 heterocycles. The number of ether oxygens (including phenoxy) is 1. The third-order valence-electron chi connectivity index (χ3n) is 3.46. The molecule has 1 rings (SSSR count). The van der Waals surface area contributed by atoms with Crippen molar-refractivity contribution in [2.75, 3.05) is 13.7 Å². The summed E-state index contributed by atoms with van der Waals surface area (Å²) in [5, 5.41) is 7.84. The Morgan fingerprint density at radius 2 is 2.05 bits per heavy atom. The van der Waals surface area contributed by atoms with Crippen LogP contribution in [0.25, 0.3) is 0 Å². The Labute approximate surface area is 125 Å². The number of rotatable bonds is 7. The molecule has 0 aliphatic carbocycles. The lowest BCUT2D eigenvalue weighted by molar-refractivity contribution is 0.00493. The number of hydrogen-bond acceptors (Lipinski definition) is 3. The van der Waals surface area contributed by atoms with Crippen molar-refractivity contribution < 1.29 is 4.74 Å². The fourth-order valence-electron chi connectivity index (χ4n) is 2.46. The topological polar surface area (TPSA) is 39.1 Å². The van der Waals surface area contributed by atoms with Crippen LogP contribution in [0, 0.1) is 12.8 Å². The Morgan fingerprint density at radius 1 is 1.42 bits per heavy atom. The van der Waals surface area contributed by atoms with Crippen LogP contribution >= 0.6 is 15.9 Å². The van der Waals surface area contributed by atoms with Crippen molar-refractivity contribution in [1.82, 2.24) is 15.1 Å². The first-order valence-corrected chi connectivity index (χ1v) is 7.68. The van der Waals surface area contributed by atoms with Gasteiger partial charge >= 0.3 is 0 Å². The van der Waals surface area contributed by atoms with Crippen LogP contribution in [0.2, 0.25) is 0 Å². The lowest BCUT2D eigenvalue weighted by Crippen LogP contribution is -2.44. The van der Waals surface area contributed by atoms with Gasteiger partial charge < -0.3 is 10.1 Å². The summed E-state index contributed by atoms with van der Waals surface area (Å²) in [6.07, 6.45) is 1.11. The molecule has 4 nitrogen and oxygen atoms in total. The molecule has 0 bridgehead atoms. The number of hydrogen-bond donors (Lipinski definition) is 1. The number of nitrogens with one attached hydrogen (secondary N) is 1. The van der Waals surface area contributed by atoms with Gasteiger partial charge in [0.1, 0.15) is 0 Å². The molecule has 0 saturated carbocycles. The van der Waals surface area contributed by atoms with Crippen LogP contribution in [-0.4, -0.2) is 35.6 Å². The van der Waals surface area contributed by atoms with Crippen LogP contribution in [0.1, 0.15) is 32.2 Å². The standard InChI is InChI=1S/C14H26BrN3O/c1-7-19-14(9(2)3)11(16-5)8-12-13(15)10(4)17-18(12)6/h9,11,14,16H,7-8H2,1-6H3. The lowest BCUT2D eigenvalue weighted by Gasteiger charge is -2.30. The van der Waals surface area contributed by atoms with Crippen molar-refractivity contribution in [2.45, 2.75) is 46.3 Å². The molecule has 0 aliphatic rings. The molecule has 0 aliphatic heterocycles. The SMILES string of the molecule is CCOC(C(C)C)C(Cc1c(Br)c(C)nn1C)NC. The van der Waals surface area contributed by atoms with E-state index in [0.29, 0.717) is 5.92 Å². The summed E-state index contributed by atoms with van der Waals surface area (Å²) in [4.78, 5) is 0. The predicted molar refractivity (Wildman–Crippen MR) is 82.4 cm³/mol. The summed E-state index contributed by atoms with van der Waals surface area (Å²) in [7, 11) is 3.99. The molecule has 1 aromatic heterocycles. The highest BCUT2D eigenvalue weighted by Crippen LogP contribution is 2.23. The van der Waals surface area contributed by atoms with Crippen LogP contribution in [0.5, 0.6) is 0 Å². The maximum atomic E-state index is 5.91. The minimum Gasteiger partial charge on any atom is -0.377 e.